The molecule has 2 aromatic heterocycles. The second-order valence-corrected chi connectivity index (χ2v) is 3.34. The van der Waals surface area contributed by atoms with E-state index in [9.17, 15) is 9.59 Å². The smallest absolute Gasteiger partial charge is 0.374 e. The van der Waals surface area contributed by atoms with Crippen molar-refractivity contribution < 1.29 is 18.7 Å². The van der Waals surface area contributed by atoms with Crippen LogP contribution in [-0.2, 0) is 4.74 Å². The summed E-state index contributed by atoms with van der Waals surface area (Å²) in [6.07, 6.45) is 2.86. The summed E-state index contributed by atoms with van der Waals surface area (Å²) < 4.78 is 9.74. The molecular formula is C11H11N3O4. The van der Waals surface area contributed by atoms with Crippen molar-refractivity contribution in [3.05, 3.63) is 42.1 Å². The van der Waals surface area contributed by atoms with Crippen LogP contribution in [0.1, 0.15) is 21.0 Å². The third kappa shape index (κ3) is 2.97. The lowest BCUT2D eigenvalue weighted by Gasteiger charge is -2.04. The Morgan fingerprint density at radius 2 is 2.33 bits per heavy atom. The molecule has 0 spiro atoms. The Bertz CT molecular complexity index is 456. The normalized spacial score (nSPS) is 10.0. The number of nitrogens with zero attached hydrogens (tertiary/aromatic N) is 1. The van der Waals surface area contributed by atoms with Gasteiger partial charge < -0.3 is 14.5 Å². The molecule has 0 bridgehead atoms. The molecule has 0 unspecified atom stereocenters. The lowest BCUT2D eigenvalue weighted by Crippen LogP contribution is -2.28. The Hall–Kier alpha value is -2.57. The second kappa shape index (κ2) is 5.67. The minimum absolute atomic E-state index is 0.0689. The zero-order chi connectivity index (χ0) is 12.8. The number of amides is 1. The lowest BCUT2D eigenvalue weighted by atomic mass is 10.4. The summed E-state index contributed by atoms with van der Waals surface area (Å²) in [5.41, 5.74) is 0.354. The zero-order valence-electron chi connectivity index (χ0n) is 9.38. The average Bonchev–Trinajstić information content (AvgIpc) is 3.05. The third-order valence-corrected chi connectivity index (χ3v) is 2.09. The number of hydrogen-bond donors (Lipinski definition) is 2. The first kappa shape index (κ1) is 11.9. The van der Waals surface area contributed by atoms with Crippen LogP contribution in [0, 0.1) is 0 Å². The van der Waals surface area contributed by atoms with Gasteiger partial charge in [0.15, 0.2) is 0 Å². The highest BCUT2D eigenvalue weighted by molar-refractivity contribution is 5.92. The van der Waals surface area contributed by atoms with Crippen molar-refractivity contribution in [3.8, 4) is 0 Å². The Morgan fingerprint density at radius 1 is 1.44 bits per heavy atom. The van der Waals surface area contributed by atoms with Gasteiger partial charge in [-0.05, 0) is 18.2 Å². The van der Waals surface area contributed by atoms with Crippen molar-refractivity contribution in [2.24, 2.45) is 0 Å². The molecule has 7 nitrogen and oxygen atoms in total. The summed E-state index contributed by atoms with van der Waals surface area (Å²) in [6.45, 7) is 0.281. The maximum absolute atomic E-state index is 11.4. The van der Waals surface area contributed by atoms with Crippen LogP contribution in [0.3, 0.4) is 0 Å². The maximum Gasteiger partial charge on any atom is 0.374 e. The average molecular weight is 249 g/mol. The van der Waals surface area contributed by atoms with Crippen molar-refractivity contribution in [1.29, 1.82) is 0 Å². The zero-order valence-corrected chi connectivity index (χ0v) is 9.38. The van der Waals surface area contributed by atoms with Crippen LogP contribution in [0.4, 0.5) is 0 Å². The molecule has 0 fully saturated rings. The van der Waals surface area contributed by atoms with Gasteiger partial charge in [-0.3, -0.25) is 9.89 Å². The molecule has 0 aliphatic heterocycles. The van der Waals surface area contributed by atoms with Gasteiger partial charge in [0, 0.05) is 6.20 Å². The van der Waals surface area contributed by atoms with Gasteiger partial charge in [-0.15, -0.1) is 0 Å². The number of ether oxygens (including phenoxy) is 1. The number of nitrogens with one attached hydrogen (secondary N) is 2. The number of rotatable bonds is 5. The number of H-pyrrole nitrogens is 1. The Kier molecular flexibility index (Phi) is 3.75. The van der Waals surface area contributed by atoms with Crippen LogP contribution in [0.25, 0.3) is 0 Å². The molecule has 18 heavy (non-hydrogen) atoms. The fraction of sp³-hybridized carbons (Fsp3) is 0.182. The summed E-state index contributed by atoms with van der Waals surface area (Å²) in [6, 6.07) is 4.65. The van der Waals surface area contributed by atoms with E-state index in [-0.39, 0.29) is 24.8 Å². The largest absolute Gasteiger partial charge is 0.458 e. The lowest BCUT2D eigenvalue weighted by molar-refractivity contribution is 0.0467. The summed E-state index contributed by atoms with van der Waals surface area (Å²) >= 11 is 0. The molecule has 2 aromatic rings. The number of aromatic nitrogens is 2. The molecular weight excluding hydrogens is 238 g/mol. The summed E-state index contributed by atoms with van der Waals surface area (Å²) in [5, 5.41) is 8.74. The van der Waals surface area contributed by atoms with Crippen molar-refractivity contribution >= 4 is 11.9 Å². The van der Waals surface area contributed by atoms with E-state index in [1.165, 1.54) is 18.5 Å². The van der Waals surface area contributed by atoms with E-state index < -0.39 is 5.97 Å². The number of hydrogen-bond acceptors (Lipinski definition) is 5. The number of carbonyl (C=O) groups is 2. The predicted molar refractivity (Wildman–Crippen MR) is 59.9 cm³/mol. The molecule has 0 aliphatic carbocycles. The van der Waals surface area contributed by atoms with Gasteiger partial charge in [-0.2, -0.15) is 5.10 Å². The monoisotopic (exact) mass is 249 g/mol. The maximum atomic E-state index is 11.4. The first-order chi connectivity index (χ1) is 8.77. The quantitative estimate of drug-likeness (QED) is 0.597. The van der Waals surface area contributed by atoms with Crippen molar-refractivity contribution in [2.45, 2.75) is 0 Å². The predicted octanol–water partition coefficient (Wildman–Crippen LogP) is 0.589. The van der Waals surface area contributed by atoms with E-state index in [0.29, 0.717) is 5.69 Å². The van der Waals surface area contributed by atoms with E-state index in [2.05, 4.69) is 15.5 Å². The van der Waals surface area contributed by atoms with Gasteiger partial charge in [0.25, 0.3) is 5.91 Å². The van der Waals surface area contributed by atoms with Crippen LogP contribution in [0.2, 0.25) is 0 Å². The summed E-state index contributed by atoms with van der Waals surface area (Å²) in [7, 11) is 0. The van der Waals surface area contributed by atoms with E-state index in [4.69, 9.17) is 9.15 Å². The molecule has 0 saturated heterocycles. The molecule has 2 N–H and O–H groups in total. The van der Waals surface area contributed by atoms with Crippen molar-refractivity contribution in [2.75, 3.05) is 13.2 Å². The highest BCUT2D eigenvalue weighted by Gasteiger charge is 2.10. The molecule has 0 aliphatic rings. The topological polar surface area (TPSA) is 97.2 Å². The molecule has 0 radical (unpaired) electrons. The van der Waals surface area contributed by atoms with Gasteiger partial charge in [-0.1, -0.05) is 0 Å². The minimum Gasteiger partial charge on any atom is -0.458 e. The van der Waals surface area contributed by atoms with Gasteiger partial charge in [0.2, 0.25) is 5.76 Å². The molecule has 2 rings (SSSR count). The summed E-state index contributed by atoms with van der Waals surface area (Å²) in [4.78, 5) is 22.8. The van der Waals surface area contributed by atoms with E-state index in [0.717, 1.165) is 0 Å². The number of carbonyl (C=O) groups excluding carboxylic acids is 2. The van der Waals surface area contributed by atoms with Gasteiger partial charge in [-0.25, -0.2) is 4.79 Å². The minimum atomic E-state index is -0.559. The molecule has 94 valence electrons. The fourth-order valence-electron chi connectivity index (χ4n) is 1.25. The van der Waals surface area contributed by atoms with Crippen LogP contribution in [0.15, 0.2) is 35.1 Å². The van der Waals surface area contributed by atoms with Gasteiger partial charge in [0.1, 0.15) is 12.3 Å². The molecule has 7 heteroatoms. The van der Waals surface area contributed by atoms with Crippen LogP contribution >= 0.6 is 0 Å². The molecule has 0 saturated carbocycles. The van der Waals surface area contributed by atoms with Gasteiger partial charge >= 0.3 is 5.97 Å². The number of esters is 1. The van der Waals surface area contributed by atoms with Crippen molar-refractivity contribution in [3.63, 3.8) is 0 Å². The molecule has 0 aromatic carbocycles. The highest BCUT2D eigenvalue weighted by atomic mass is 16.5. The molecule has 0 atom stereocenters. The first-order valence-electron chi connectivity index (χ1n) is 5.25. The second-order valence-electron chi connectivity index (χ2n) is 3.34. The first-order valence-corrected chi connectivity index (χ1v) is 5.25. The van der Waals surface area contributed by atoms with Crippen molar-refractivity contribution in [1.82, 2.24) is 15.5 Å². The summed E-state index contributed by atoms with van der Waals surface area (Å²) in [5.74, 6) is -0.729. The Balaban J connectivity index is 1.67. The van der Waals surface area contributed by atoms with Gasteiger partial charge in [0.05, 0.1) is 12.8 Å². The van der Waals surface area contributed by atoms with Crippen LogP contribution in [-0.4, -0.2) is 35.2 Å². The third-order valence-electron chi connectivity index (χ3n) is 2.09. The SMILES string of the molecule is O=C(NCCOC(=O)c1ccco1)c1ccn[nH]1. The Labute approximate surface area is 102 Å². The van der Waals surface area contributed by atoms with E-state index in [1.807, 2.05) is 0 Å². The van der Waals surface area contributed by atoms with E-state index >= 15 is 0 Å². The Morgan fingerprint density at radius 3 is 3.00 bits per heavy atom. The number of furan rings is 1. The van der Waals surface area contributed by atoms with Crippen LogP contribution < -0.4 is 5.32 Å². The molecule has 2 heterocycles. The molecule has 1 amide bonds. The fourth-order valence-corrected chi connectivity index (χ4v) is 1.25. The standard InChI is InChI=1S/C11H11N3O4/c15-10(8-3-4-13-14-8)12-5-7-18-11(16)9-2-1-6-17-9/h1-4,6H,5,7H2,(H,12,15)(H,13,14). The number of aromatic amines is 1. The van der Waals surface area contributed by atoms with E-state index in [1.54, 1.807) is 12.1 Å². The van der Waals surface area contributed by atoms with Crippen LogP contribution in [0.5, 0.6) is 0 Å². The highest BCUT2D eigenvalue weighted by Crippen LogP contribution is 2.01.